The Morgan fingerprint density at radius 3 is 1.80 bits per heavy atom. The van der Waals surface area contributed by atoms with Gasteiger partial charge in [-0.05, 0) is 6.42 Å². The number of aliphatic hydroxyl groups is 1. The van der Waals surface area contributed by atoms with Crippen LogP contribution >= 0.6 is 0 Å². The van der Waals surface area contributed by atoms with Crippen molar-refractivity contribution < 1.29 is 27.1 Å². The number of aliphatic hydroxyl groups excluding tert-OH is 1. The summed E-state index contributed by atoms with van der Waals surface area (Å²) >= 11 is 0. The summed E-state index contributed by atoms with van der Waals surface area (Å²) in [5.74, 6) is -9.86. The third-order valence-electron chi connectivity index (χ3n) is 3.13. The molecular formula is C14H17F5O. The molecule has 6 heteroatoms. The topological polar surface area (TPSA) is 20.2 Å². The first-order valence-corrected chi connectivity index (χ1v) is 6.58. The lowest BCUT2D eigenvalue weighted by molar-refractivity contribution is 0.157. The average Bonchev–Trinajstić information content (AvgIpc) is 2.44. The van der Waals surface area contributed by atoms with E-state index in [0.29, 0.717) is 6.42 Å². The first-order valence-electron chi connectivity index (χ1n) is 6.58. The van der Waals surface area contributed by atoms with Crippen LogP contribution in [0.1, 0.15) is 44.6 Å². The highest BCUT2D eigenvalue weighted by molar-refractivity contribution is 5.24. The predicted molar refractivity (Wildman–Crippen MR) is 64.7 cm³/mol. The quantitative estimate of drug-likeness (QED) is 0.345. The van der Waals surface area contributed by atoms with Crippen molar-refractivity contribution in [3.8, 4) is 0 Å². The predicted octanol–water partition coefficient (Wildman–Crippen LogP) is 4.26. The number of rotatable bonds is 7. The third-order valence-corrected chi connectivity index (χ3v) is 3.13. The van der Waals surface area contributed by atoms with E-state index in [1.165, 1.54) is 0 Å². The number of unbranched alkanes of at least 4 members (excludes halogenated alkanes) is 3. The largest absolute Gasteiger partial charge is 0.393 e. The molecule has 1 aromatic carbocycles. The minimum absolute atomic E-state index is 0.263. The zero-order valence-corrected chi connectivity index (χ0v) is 11.2. The monoisotopic (exact) mass is 296 g/mol. The lowest BCUT2D eigenvalue weighted by atomic mass is 10.0. The van der Waals surface area contributed by atoms with Crippen molar-refractivity contribution in [2.45, 2.75) is 51.6 Å². The van der Waals surface area contributed by atoms with Gasteiger partial charge >= 0.3 is 0 Å². The van der Waals surface area contributed by atoms with E-state index in [0.717, 1.165) is 19.3 Å². The summed E-state index contributed by atoms with van der Waals surface area (Å²) in [5, 5.41) is 9.63. The van der Waals surface area contributed by atoms with E-state index < -0.39 is 47.2 Å². The molecule has 1 atom stereocenters. The lowest BCUT2D eigenvalue weighted by Gasteiger charge is -2.13. The van der Waals surface area contributed by atoms with Crippen molar-refractivity contribution in [2.75, 3.05) is 0 Å². The zero-order valence-electron chi connectivity index (χ0n) is 11.2. The Balaban J connectivity index is 2.77. The molecular weight excluding hydrogens is 279 g/mol. The second-order valence-corrected chi connectivity index (χ2v) is 4.76. The van der Waals surface area contributed by atoms with Gasteiger partial charge in [-0.15, -0.1) is 0 Å². The maximum atomic E-state index is 13.4. The van der Waals surface area contributed by atoms with Crippen LogP contribution in [-0.4, -0.2) is 11.2 Å². The molecule has 0 radical (unpaired) electrons. The normalized spacial score (nSPS) is 12.8. The second kappa shape index (κ2) is 7.57. The molecule has 0 bridgehead atoms. The van der Waals surface area contributed by atoms with Gasteiger partial charge in [0.2, 0.25) is 5.82 Å². The minimum Gasteiger partial charge on any atom is -0.393 e. The number of halogens is 5. The molecule has 1 nitrogen and oxygen atoms in total. The summed E-state index contributed by atoms with van der Waals surface area (Å²) in [6.45, 7) is 2.01. The van der Waals surface area contributed by atoms with Gasteiger partial charge in [0.1, 0.15) is 0 Å². The van der Waals surface area contributed by atoms with Crippen LogP contribution in [0.2, 0.25) is 0 Å². The molecule has 0 aliphatic carbocycles. The van der Waals surface area contributed by atoms with Gasteiger partial charge in [-0.1, -0.05) is 32.6 Å². The summed E-state index contributed by atoms with van der Waals surface area (Å²) < 4.78 is 65.5. The van der Waals surface area contributed by atoms with Gasteiger partial charge in [-0.2, -0.15) is 0 Å². The summed E-state index contributed by atoms with van der Waals surface area (Å²) in [6.07, 6.45) is 2.01. The number of hydrogen-bond acceptors (Lipinski definition) is 1. The van der Waals surface area contributed by atoms with Crippen LogP contribution in [0.25, 0.3) is 0 Å². The second-order valence-electron chi connectivity index (χ2n) is 4.76. The van der Waals surface area contributed by atoms with Gasteiger partial charge in [0.05, 0.1) is 6.10 Å². The first kappa shape index (κ1) is 16.9. The van der Waals surface area contributed by atoms with E-state index in [9.17, 15) is 27.1 Å². The Morgan fingerprint density at radius 2 is 1.30 bits per heavy atom. The van der Waals surface area contributed by atoms with Crippen LogP contribution in [0.5, 0.6) is 0 Å². The molecule has 1 aromatic rings. The summed E-state index contributed by atoms with van der Waals surface area (Å²) in [7, 11) is 0. The molecule has 1 rings (SSSR count). The van der Waals surface area contributed by atoms with Crippen molar-refractivity contribution in [2.24, 2.45) is 0 Å². The van der Waals surface area contributed by atoms with Gasteiger partial charge in [-0.3, -0.25) is 0 Å². The molecule has 0 saturated heterocycles. The minimum atomic E-state index is -2.18. The van der Waals surface area contributed by atoms with Gasteiger partial charge in [-0.25, -0.2) is 22.0 Å². The van der Waals surface area contributed by atoms with E-state index in [1.807, 2.05) is 6.92 Å². The van der Waals surface area contributed by atoms with Crippen molar-refractivity contribution in [1.82, 2.24) is 0 Å². The van der Waals surface area contributed by atoms with Crippen LogP contribution in [0.15, 0.2) is 0 Å². The van der Waals surface area contributed by atoms with Crippen molar-refractivity contribution in [1.29, 1.82) is 0 Å². The Morgan fingerprint density at radius 1 is 0.800 bits per heavy atom. The SMILES string of the molecule is CCCCCCC(O)Cc1c(F)c(F)c(F)c(F)c1F. The van der Waals surface area contributed by atoms with Gasteiger partial charge < -0.3 is 5.11 Å². The van der Waals surface area contributed by atoms with Crippen LogP contribution in [0, 0.1) is 29.1 Å². The molecule has 1 N–H and O–H groups in total. The number of hydrogen-bond donors (Lipinski definition) is 1. The fraction of sp³-hybridized carbons (Fsp3) is 0.571. The first-order chi connectivity index (χ1) is 9.40. The van der Waals surface area contributed by atoms with E-state index in [-0.39, 0.29) is 6.42 Å². The summed E-state index contributed by atoms with van der Waals surface area (Å²) in [4.78, 5) is 0. The number of benzene rings is 1. The average molecular weight is 296 g/mol. The molecule has 0 heterocycles. The highest BCUT2D eigenvalue weighted by Crippen LogP contribution is 2.24. The van der Waals surface area contributed by atoms with Crippen LogP contribution in [0.4, 0.5) is 22.0 Å². The zero-order chi connectivity index (χ0) is 15.3. The molecule has 114 valence electrons. The molecule has 0 fully saturated rings. The van der Waals surface area contributed by atoms with E-state index in [1.54, 1.807) is 0 Å². The van der Waals surface area contributed by atoms with Gasteiger partial charge in [0.15, 0.2) is 23.3 Å². The Hall–Kier alpha value is -1.17. The molecule has 0 aliphatic rings. The van der Waals surface area contributed by atoms with E-state index in [2.05, 4.69) is 0 Å². The van der Waals surface area contributed by atoms with Crippen molar-refractivity contribution in [3.05, 3.63) is 34.6 Å². The Labute approximate surface area is 114 Å². The molecule has 0 spiro atoms. The fourth-order valence-corrected chi connectivity index (χ4v) is 1.97. The maximum Gasteiger partial charge on any atom is 0.200 e. The van der Waals surface area contributed by atoms with Crippen LogP contribution in [-0.2, 0) is 6.42 Å². The molecule has 0 saturated carbocycles. The lowest BCUT2D eigenvalue weighted by Crippen LogP contribution is -2.16. The third kappa shape index (κ3) is 3.91. The fourth-order valence-electron chi connectivity index (χ4n) is 1.97. The molecule has 20 heavy (non-hydrogen) atoms. The molecule has 0 amide bonds. The van der Waals surface area contributed by atoms with Gasteiger partial charge in [0.25, 0.3) is 0 Å². The summed E-state index contributed by atoms with van der Waals surface area (Å²) in [5.41, 5.74) is -0.954. The Kier molecular flexibility index (Phi) is 6.39. The highest BCUT2D eigenvalue weighted by Gasteiger charge is 2.26. The molecule has 1 unspecified atom stereocenters. The highest BCUT2D eigenvalue weighted by atomic mass is 19.2. The van der Waals surface area contributed by atoms with E-state index >= 15 is 0 Å². The van der Waals surface area contributed by atoms with E-state index in [4.69, 9.17) is 0 Å². The standard InChI is InChI=1S/C14H17F5O/c1-2-3-4-5-6-8(20)7-9-10(15)12(17)14(19)13(18)11(9)16/h8,20H,2-7H2,1H3. The molecule has 0 aliphatic heterocycles. The van der Waals surface area contributed by atoms with Crippen LogP contribution < -0.4 is 0 Å². The van der Waals surface area contributed by atoms with Gasteiger partial charge in [0, 0.05) is 12.0 Å². The van der Waals surface area contributed by atoms with Crippen LogP contribution in [0.3, 0.4) is 0 Å². The Bertz CT molecular complexity index is 432. The summed E-state index contributed by atoms with van der Waals surface area (Å²) in [6, 6.07) is 0. The smallest absolute Gasteiger partial charge is 0.200 e. The molecule has 0 aromatic heterocycles. The maximum absolute atomic E-state index is 13.4. The van der Waals surface area contributed by atoms with Crippen molar-refractivity contribution >= 4 is 0 Å². The van der Waals surface area contributed by atoms with Crippen molar-refractivity contribution in [3.63, 3.8) is 0 Å².